The molecule has 1 aliphatic heterocycles. The van der Waals surface area contributed by atoms with Gasteiger partial charge in [-0.2, -0.15) is 5.10 Å². The van der Waals surface area contributed by atoms with Crippen molar-refractivity contribution >= 4 is 5.91 Å². The Labute approximate surface area is 146 Å². The van der Waals surface area contributed by atoms with E-state index in [-0.39, 0.29) is 5.91 Å². The molecule has 1 amide bonds. The Morgan fingerprint density at radius 2 is 2.08 bits per heavy atom. The lowest BCUT2D eigenvalue weighted by atomic mass is 9.92. The predicted molar refractivity (Wildman–Crippen MR) is 91.9 cm³/mol. The summed E-state index contributed by atoms with van der Waals surface area (Å²) in [5.74, 6) is -0.331. The second-order valence-corrected chi connectivity index (χ2v) is 7.19. The van der Waals surface area contributed by atoms with E-state index in [4.69, 9.17) is 4.74 Å². The molecule has 1 aromatic carbocycles. The molecule has 0 saturated carbocycles. The molecular weight excluding hydrogens is 318 g/mol. The lowest BCUT2D eigenvalue weighted by Gasteiger charge is -2.30. The summed E-state index contributed by atoms with van der Waals surface area (Å²) < 4.78 is 7.74. The van der Waals surface area contributed by atoms with Crippen molar-refractivity contribution in [3.05, 3.63) is 53.3 Å². The van der Waals surface area contributed by atoms with Crippen LogP contribution >= 0.6 is 0 Å². The first kappa shape index (κ1) is 16.3. The molecule has 2 aliphatic rings. The molecule has 0 spiro atoms. The molecule has 132 valence electrons. The van der Waals surface area contributed by atoms with E-state index in [0.29, 0.717) is 26.0 Å². The van der Waals surface area contributed by atoms with E-state index in [2.05, 4.69) is 10.4 Å². The predicted octanol–water partition coefficient (Wildman–Crippen LogP) is 1.07. The van der Waals surface area contributed by atoms with E-state index in [9.17, 15) is 9.90 Å². The van der Waals surface area contributed by atoms with Crippen LogP contribution in [0.3, 0.4) is 0 Å². The standard InChI is InChI=1S/C19H23N3O3/c1-22-12-16(11-21-22)19(7-4-8-25-19)13-20-17(23)18(24)9-14-5-2-3-6-15(14)10-18/h2-3,5-6,11-12,24H,4,7-10,13H2,1H3,(H,20,23). The van der Waals surface area contributed by atoms with E-state index >= 15 is 0 Å². The highest BCUT2D eigenvalue weighted by molar-refractivity contribution is 5.86. The fourth-order valence-electron chi connectivity index (χ4n) is 3.97. The molecule has 2 N–H and O–H groups in total. The molecule has 4 rings (SSSR count). The zero-order valence-electron chi connectivity index (χ0n) is 14.4. The lowest BCUT2D eigenvalue weighted by Crippen LogP contribution is -2.51. The Hall–Kier alpha value is -2.18. The molecule has 1 aliphatic carbocycles. The van der Waals surface area contributed by atoms with E-state index in [1.807, 2.05) is 37.5 Å². The van der Waals surface area contributed by atoms with Crippen LogP contribution in [-0.2, 0) is 35.0 Å². The Kier molecular flexibility index (Phi) is 3.89. The zero-order chi connectivity index (χ0) is 17.5. The maximum absolute atomic E-state index is 12.7. The van der Waals surface area contributed by atoms with Gasteiger partial charge in [0.2, 0.25) is 0 Å². The van der Waals surface area contributed by atoms with Crippen LogP contribution in [0.15, 0.2) is 36.7 Å². The van der Waals surface area contributed by atoms with Crippen molar-refractivity contribution in [1.82, 2.24) is 15.1 Å². The highest BCUT2D eigenvalue weighted by Crippen LogP contribution is 2.36. The van der Waals surface area contributed by atoms with Crippen molar-refractivity contribution < 1.29 is 14.6 Å². The molecule has 25 heavy (non-hydrogen) atoms. The van der Waals surface area contributed by atoms with Gasteiger partial charge in [0.25, 0.3) is 5.91 Å². The number of carbonyl (C=O) groups excluding carboxylic acids is 1. The number of carbonyl (C=O) groups is 1. The first-order valence-electron chi connectivity index (χ1n) is 8.71. The molecule has 6 nitrogen and oxygen atoms in total. The summed E-state index contributed by atoms with van der Waals surface area (Å²) in [4.78, 5) is 12.7. The van der Waals surface area contributed by atoms with Gasteiger partial charge in [0.05, 0.1) is 12.7 Å². The van der Waals surface area contributed by atoms with E-state index in [1.54, 1.807) is 10.9 Å². The minimum absolute atomic E-state index is 0.331. The van der Waals surface area contributed by atoms with Gasteiger partial charge in [-0.25, -0.2) is 0 Å². The van der Waals surface area contributed by atoms with Crippen LogP contribution in [0.4, 0.5) is 0 Å². The van der Waals surface area contributed by atoms with Crippen LogP contribution in [0.1, 0.15) is 29.5 Å². The van der Waals surface area contributed by atoms with Crippen molar-refractivity contribution in [3.63, 3.8) is 0 Å². The van der Waals surface area contributed by atoms with Gasteiger partial charge in [0.1, 0.15) is 5.60 Å². The summed E-state index contributed by atoms with van der Waals surface area (Å²) in [6.45, 7) is 1.01. The average Bonchev–Trinajstić information content (AvgIpc) is 3.30. The first-order chi connectivity index (χ1) is 12.0. The van der Waals surface area contributed by atoms with Gasteiger partial charge in [-0.05, 0) is 24.0 Å². The van der Waals surface area contributed by atoms with Gasteiger partial charge in [-0.1, -0.05) is 24.3 Å². The highest BCUT2D eigenvalue weighted by Gasteiger charge is 2.44. The van der Waals surface area contributed by atoms with Crippen LogP contribution in [0.2, 0.25) is 0 Å². The summed E-state index contributed by atoms with van der Waals surface area (Å²) in [7, 11) is 1.86. The van der Waals surface area contributed by atoms with E-state index < -0.39 is 11.2 Å². The third-order valence-corrected chi connectivity index (χ3v) is 5.38. The fourth-order valence-corrected chi connectivity index (χ4v) is 3.97. The number of aryl methyl sites for hydroxylation is 1. The molecule has 1 fully saturated rings. The summed E-state index contributed by atoms with van der Waals surface area (Å²) in [5, 5.41) is 18.0. The van der Waals surface area contributed by atoms with Crippen molar-refractivity contribution in [2.75, 3.05) is 13.2 Å². The number of amides is 1. The third kappa shape index (κ3) is 2.85. The number of nitrogens with one attached hydrogen (secondary N) is 1. The minimum atomic E-state index is -1.38. The second kappa shape index (κ2) is 5.97. The highest BCUT2D eigenvalue weighted by atomic mass is 16.5. The largest absolute Gasteiger partial charge is 0.379 e. The third-order valence-electron chi connectivity index (χ3n) is 5.38. The molecule has 1 aromatic heterocycles. The SMILES string of the molecule is Cn1cc(C2(CNC(=O)C3(O)Cc4ccccc4C3)CCCO2)cn1. The summed E-state index contributed by atoms with van der Waals surface area (Å²) in [5.41, 5.74) is 1.12. The maximum Gasteiger partial charge on any atom is 0.252 e. The first-order valence-corrected chi connectivity index (χ1v) is 8.71. The van der Waals surface area contributed by atoms with E-state index in [0.717, 1.165) is 29.5 Å². The summed E-state index contributed by atoms with van der Waals surface area (Å²) >= 11 is 0. The lowest BCUT2D eigenvalue weighted by molar-refractivity contribution is -0.140. The van der Waals surface area contributed by atoms with Crippen LogP contribution in [0.25, 0.3) is 0 Å². The molecule has 1 unspecified atom stereocenters. The topological polar surface area (TPSA) is 76.4 Å². The average molecular weight is 341 g/mol. The van der Waals surface area contributed by atoms with E-state index in [1.165, 1.54) is 0 Å². The van der Waals surface area contributed by atoms with Crippen LogP contribution < -0.4 is 5.32 Å². The summed E-state index contributed by atoms with van der Waals surface area (Å²) in [6, 6.07) is 7.81. The van der Waals surface area contributed by atoms with Crippen molar-refractivity contribution in [2.45, 2.75) is 36.9 Å². The molecule has 0 radical (unpaired) electrons. The van der Waals surface area contributed by atoms with Gasteiger partial charge >= 0.3 is 0 Å². The number of ether oxygens (including phenoxy) is 1. The van der Waals surface area contributed by atoms with Crippen molar-refractivity contribution in [3.8, 4) is 0 Å². The zero-order valence-corrected chi connectivity index (χ0v) is 14.4. The Balaban J connectivity index is 1.48. The molecule has 2 aromatic rings. The number of fused-ring (bicyclic) bond motifs is 1. The van der Waals surface area contributed by atoms with Crippen molar-refractivity contribution in [2.24, 2.45) is 7.05 Å². The number of benzene rings is 1. The maximum atomic E-state index is 12.7. The van der Waals surface area contributed by atoms with Crippen LogP contribution in [0.5, 0.6) is 0 Å². The number of nitrogens with zero attached hydrogens (tertiary/aromatic N) is 2. The molecule has 6 heteroatoms. The number of aliphatic hydroxyl groups is 1. The molecule has 2 heterocycles. The quantitative estimate of drug-likeness (QED) is 0.872. The summed E-state index contributed by atoms with van der Waals surface area (Å²) in [6.07, 6.45) is 6.21. The number of rotatable bonds is 4. The van der Waals surface area contributed by atoms with Gasteiger partial charge < -0.3 is 15.2 Å². The molecule has 1 saturated heterocycles. The normalized spacial score (nSPS) is 24.2. The van der Waals surface area contributed by atoms with Crippen LogP contribution in [0, 0.1) is 0 Å². The monoisotopic (exact) mass is 341 g/mol. The van der Waals surface area contributed by atoms with Gasteiger partial charge in [-0.3, -0.25) is 9.48 Å². The Morgan fingerprint density at radius 3 is 2.64 bits per heavy atom. The molecular formula is C19H23N3O3. The minimum Gasteiger partial charge on any atom is -0.379 e. The number of aromatic nitrogens is 2. The fraction of sp³-hybridized carbons (Fsp3) is 0.474. The smallest absolute Gasteiger partial charge is 0.252 e. The Bertz CT molecular complexity index is 768. The second-order valence-electron chi connectivity index (χ2n) is 7.19. The number of hydrogen-bond donors (Lipinski definition) is 2. The molecule has 0 bridgehead atoms. The van der Waals surface area contributed by atoms with Gasteiger partial charge in [0, 0.05) is 38.3 Å². The van der Waals surface area contributed by atoms with Crippen LogP contribution in [-0.4, -0.2) is 39.5 Å². The van der Waals surface area contributed by atoms with Gasteiger partial charge in [-0.15, -0.1) is 0 Å². The Morgan fingerprint density at radius 1 is 1.36 bits per heavy atom. The number of hydrogen-bond acceptors (Lipinski definition) is 4. The van der Waals surface area contributed by atoms with Crippen molar-refractivity contribution in [1.29, 1.82) is 0 Å². The molecule has 1 atom stereocenters. The van der Waals surface area contributed by atoms with Gasteiger partial charge in [0.15, 0.2) is 5.60 Å².